The number of hydrogen-bond donors (Lipinski definition) is 1. The van der Waals surface area contributed by atoms with Crippen LogP contribution in [0.2, 0.25) is 0 Å². The first-order valence-corrected chi connectivity index (χ1v) is 4.92. The monoisotopic (exact) mass is 204 g/mol. The molecule has 2 amide bonds. The molecule has 78 valence electrons. The SMILES string of the molecule is O=Cc1cccc(N2CCCNC2=O)c1. The maximum Gasteiger partial charge on any atom is 0.321 e. The fourth-order valence-corrected chi connectivity index (χ4v) is 1.64. The fraction of sp³-hybridized carbons (Fsp3) is 0.273. The van der Waals surface area contributed by atoms with Crippen LogP contribution in [0.5, 0.6) is 0 Å². The van der Waals surface area contributed by atoms with Crippen molar-refractivity contribution in [2.75, 3.05) is 18.0 Å². The largest absolute Gasteiger partial charge is 0.338 e. The lowest BCUT2D eigenvalue weighted by Crippen LogP contribution is -2.46. The van der Waals surface area contributed by atoms with Crippen LogP contribution in [-0.2, 0) is 0 Å². The van der Waals surface area contributed by atoms with Gasteiger partial charge in [0.25, 0.3) is 0 Å². The third-order valence-electron chi connectivity index (χ3n) is 2.40. The van der Waals surface area contributed by atoms with E-state index in [1.807, 2.05) is 6.07 Å². The van der Waals surface area contributed by atoms with Crippen molar-refractivity contribution in [2.45, 2.75) is 6.42 Å². The van der Waals surface area contributed by atoms with E-state index in [1.54, 1.807) is 23.1 Å². The Kier molecular flexibility index (Phi) is 2.67. The van der Waals surface area contributed by atoms with Crippen LogP contribution in [0.3, 0.4) is 0 Å². The van der Waals surface area contributed by atoms with Crippen LogP contribution < -0.4 is 10.2 Å². The van der Waals surface area contributed by atoms with E-state index in [1.165, 1.54) is 0 Å². The van der Waals surface area contributed by atoms with E-state index in [0.29, 0.717) is 12.1 Å². The van der Waals surface area contributed by atoms with Crippen molar-refractivity contribution in [3.05, 3.63) is 29.8 Å². The molecule has 1 aliphatic heterocycles. The molecular formula is C11H12N2O2. The Morgan fingerprint density at radius 1 is 1.40 bits per heavy atom. The summed E-state index contributed by atoms with van der Waals surface area (Å²) in [6.07, 6.45) is 1.71. The molecule has 1 aromatic carbocycles. The average molecular weight is 204 g/mol. The number of nitrogens with one attached hydrogen (secondary N) is 1. The van der Waals surface area contributed by atoms with E-state index in [0.717, 1.165) is 24.9 Å². The van der Waals surface area contributed by atoms with E-state index in [2.05, 4.69) is 5.32 Å². The lowest BCUT2D eigenvalue weighted by molar-refractivity contribution is 0.112. The molecule has 0 saturated carbocycles. The lowest BCUT2D eigenvalue weighted by atomic mass is 10.2. The molecule has 1 saturated heterocycles. The Labute approximate surface area is 87.9 Å². The number of benzene rings is 1. The summed E-state index contributed by atoms with van der Waals surface area (Å²) in [6.45, 7) is 1.43. The minimum absolute atomic E-state index is 0.0932. The maximum absolute atomic E-state index is 11.5. The number of carbonyl (C=O) groups is 2. The predicted molar refractivity (Wildman–Crippen MR) is 57.2 cm³/mol. The Balaban J connectivity index is 2.27. The number of nitrogens with zero attached hydrogens (tertiary/aromatic N) is 1. The second-order valence-electron chi connectivity index (χ2n) is 3.45. The molecule has 0 radical (unpaired) electrons. The molecule has 0 bridgehead atoms. The summed E-state index contributed by atoms with van der Waals surface area (Å²) in [5.41, 5.74) is 1.36. The van der Waals surface area contributed by atoms with Gasteiger partial charge in [-0.3, -0.25) is 9.69 Å². The predicted octanol–water partition coefficient (Wildman–Crippen LogP) is 1.42. The van der Waals surface area contributed by atoms with Crippen molar-refractivity contribution in [2.24, 2.45) is 0 Å². The summed E-state index contributed by atoms with van der Waals surface area (Å²) in [7, 11) is 0. The maximum atomic E-state index is 11.5. The Bertz CT molecular complexity index is 390. The second kappa shape index (κ2) is 4.13. The van der Waals surface area contributed by atoms with E-state index in [9.17, 15) is 9.59 Å². The van der Waals surface area contributed by atoms with Gasteiger partial charge in [0.1, 0.15) is 6.29 Å². The van der Waals surface area contributed by atoms with E-state index < -0.39 is 0 Å². The van der Waals surface area contributed by atoms with Gasteiger partial charge in [-0.1, -0.05) is 12.1 Å². The zero-order valence-corrected chi connectivity index (χ0v) is 8.27. The highest BCUT2D eigenvalue weighted by molar-refractivity contribution is 5.93. The average Bonchev–Trinajstić information content (AvgIpc) is 2.30. The smallest absolute Gasteiger partial charge is 0.321 e. The van der Waals surface area contributed by atoms with Gasteiger partial charge in [-0.2, -0.15) is 0 Å². The normalized spacial score (nSPS) is 16.0. The molecule has 2 rings (SSSR count). The summed E-state index contributed by atoms with van der Waals surface area (Å²) < 4.78 is 0. The van der Waals surface area contributed by atoms with Gasteiger partial charge in [-0.15, -0.1) is 0 Å². The number of carbonyl (C=O) groups excluding carboxylic acids is 2. The molecular weight excluding hydrogens is 192 g/mol. The quantitative estimate of drug-likeness (QED) is 0.740. The van der Waals surface area contributed by atoms with Crippen molar-refractivity contribution in [1.82, 2.24) is 5.32 Å². The molecule has 1 aromatic rings. The van der Waals surface area contributed by atoms with Gasteiger partial charge in [0.15, 0.2) is 0 Å². The van der Waals surface area contributed by atoms with E-state index >= 15 is 0 Å². The number of urea groups is 1. The van der Waals surface area contributed by atoms with Crippen LogP contribution in [0.1, 0.15) is 16.8 Å². The van der Waals surface area contributed by atoms with Gasteiger partial charge >= 0.3 is 6.03 Å². The number of hydrogen-bond acceptors (Lipinski definition) is 2. The summed E-state index contributed by atoms with van der Waals surface area (Å²) in [6, 6.07) is 6.96. The summed E-state index contributed by atoms with van der Waals surface area (Å²) in [5.74, 6) is 0. The molecule has 0 aliphatic carbocycles. The van der Waals surface area contributed by atoms with Gasteiger partial charge < -0.3 is 5.32 Å². The molecule has 0 spiro atoms. The van der Waals surface area contributed by atoms with Gasteiger partial charge in [-0.25, -0.2) is 4.79 Å². The van der Waals surface area contributed by atoms with Gasteiger partial charge in [-0.05, 0) is 18.6 Å². The minimum Gasteiger partial charge on any atom is -0.338 e. The number of rotatable bonds is 2. The molecule has 0 unspecified atom stereocenters. The molecule has 1 aliphatic rings. The third kappa shape index (κ3) is 1.98. The zero-order valence-electron chi connectivity index (χ0n) is 8.27. The molecule has 1 fully saturated rings. The molecule has 4 heteroatoms. The van der Waals surface area contributed by atoms with Crippen LogP contribution in [0.25, 0.3) is 0 Å². The highest BCUT2D eigenvalue weighted by Crippen LogP contribution is 2.17. The van der Waals surface area contributed by atoms with Crippen LogP contribution in [-0.4, -0.2) is 25.4 Å². The first kappa shape index (κ1) is 9.71. The van der Waals surface area contributed by atoms with Crippen LogP contribution >= 0.6 is 0 Å². The van der Waals surface area contributed by atoms with Crippen LogP contribution in [0.15, 0.2) is 24.3 Å². The van der Waals surface area contributed by atoms with Gasteiger partial charge in [0.2, 0.25) is 0 Å². The topological polar surface area (TPSA) is 49.4 Å². The fourth-order valence-electron chi connectivity index (χ4n) is 1.64. The van der Waals surface area contributed by atoms with Crippen molar-refractivity contribution in [1.29, 1.82) is 0 Å². The molecule has 4 nitrogen and oxygen atoms in total. The Morgan fingerprint density at radius 2 is 2.27 bits per heavy atom. The summed E-state index contributed by atoms with van der Waals surface area (Å²) in [4.78, 5) is 23.8. The standard InChI is InChI=1S/C11H12N2O2/c14-8-9-3-1-4-10(7-9)13-6-2-5-12-11(13)15/h1,3-4,7-8H,2,5-6H2,(H,12,15). The third-order valence-corrected chi connectivity index (χ3v) is 2.40. The highest BCUT2D eigenvalue weighted by atomic mass is 16.2. The zero-order chi connectivity index (χ0) is 10.7. The van der Waals surface area contributed by atoms with Gasteiger partial charge in [0, 0.05) is 24.3 Å². The van der Waals surface area contributed by atoms with Crippen LogP contribution in [0.4, 0.5) is 10.5 Å². The number of amides is 2. The first-order chi connectivity index (χ1) is 7.31. The molecule has 1 heterocycles. The summed E-state index contributed by atoms with van der Waals surface area (Å²) >= 11 is 0. The van der Waals surface area contributed by atoms with Crippen LogP contribution in [0, 0.1) is 0 Å². The highest BCUT2D eigenvalue weighted by Gasteiger charge is 2.18. The lowest BCUT2D eigenvalue weighted by Gasteiger charge is -2.27. The first-order valence-electron chi connectivity index (χ1n) is 4.92. The number of aldehydes is 1. The van der Waals surface area contributed by atoms with E-state index in [4.69, 9.17) is 0 Å². The van der Waals surface area contributed by atoms with Gasteiger partial charge in [0.05, 0.1) is 0 Å². The van der Waals surface area contributed by atoms with Crippen molar-refractivity contribution in [3.8, 4) is 0 Å². The number of anilines is 1. The second-order valence-corrected chi connectivity index (χ2v) is 3.45. The molecule has 0 aromatic heterocycles. The minimum atomic E-state index is -0.0932. The van der Waals surface area contributed by atoms with Crippen molar-refractivity contribution < 1.29 is 9.59 Å². The summed E-state index contributed by atoms with van der Waals surface area (Å²) in [5, 5.41) is 2.77. The van der Waals surface area contributed by atoms with Crippen molar-refractivity contribution >= 4 is 18.0 Å². The Morgan fingerprint density at radius 3 is 3.00 bits per heavy atom. The molecule has 0 atom stereocenters. The molecule has 15 heavy (non-hydrogen) atoms. The molecule has 1 N–H and O–H groups in total. The van der Waals surface area contributed by atoms with E-state index in [-0.39, 0.29) is 6.03 Å². The van der Waals surface area contributed by atoms with Crippen molar-refractivity contribution in [3.63, 3.8) is 0 Å². The Hall–Kier alpha value is -1.84.